The van der Waals surface area contributed by atoms with E-state index >= 15 is 0 Å². The second kappa shape index (κ2) is 4.72. The lowest BCUT2D eigenvalue weighted by Crippen LogP contribution is -2.20. The molecule has 15 heavy (non-hydrogen) atoms. The van der Waals surface area contributed by atoms with E-state index in [9.17, 15) is 17.4 Å². The summed E-state index contributed by atoms with van der Waals surface area (Å²) in [6.45, 7) is 1.89. The molecule has 1 aromatic rings. The molecule has 0 spiro atoms. The molecular formula is C10H13FO3S. The van der Waals surface area contributed by atoms with Crippen LogP contribution in [0.5, 0.6) is 0 Å². The predicted molar refractivity (Wildman–Crippen MR) is 55.8 cm³/mol. The van der Waals surface area contributed by atoms with Gasteiger partial charge in [0.15, 0.2) is 0 Å². The van der Waals surface area contributed by atoms with E-state index in [1.165, 1.54) is 0 Å². The van der Waals surface area contributed by atoms with Gasteiger partial charge < -0.3 is 5.11 Å². The first-order valence-electron chi connectivity index (χ1n) is 4.53. The van der Waals surface area contributed by atoms with Crippen molar-refractivity contribution in [2.24, 2.45) is 0 Å². The summed E-state index contributed by atoms with van der Waals surface area (Å²) in [5.74, 6) is -0.846. The zero-order chi connectivity index (χ0) is 11.5. The summed E-state index contributed by atoms with van der Waals surface area (Å²) in [6, 6.07) is 7.29. The van der Waals surface area contributed by atoms with Gasteiger partial charge in [-0.15, -0.1) is 3.89 Å². The zero-order valence-electron chi connectivity index (χ0n) is 8.35. The Bertz CT molecular complexity index is 428. The Hall–Kier alpha value is -0.940. The molecule has 1 aromatic carbocycles. The Morgan fingerprint density at radius 1 is 1.47 bits per heavy atom. The second-order valence-corrected chi connectivity index (χ2v) is 4.96. The summed E-state index contributed by atoms with van der Waals surface area (Å²) >= 11 is 0. The molecule has 0 aromatic heterocycles. The van der Waals surface area contributed by atoms with Crippen LogP contribution in [0.2, 0.25) is 0 Å². The van der Waals surface area contributed by atoms with Gasteiger partial charge in [0.25, 0.3) is 0 Å². The van der Waals surface area contributed by atoms with Crippen molar-refractivity contribution in [1.82, 2.24) is 0 Å². The maximum Gasteiger partial charge on any atom is 0.304 e. The van der Waals surface area contributed by atoms with Gasteiger partial charge in [-0.3, -0.25) is 0 Å². The van der Waals surface area contributed by atoms with Crippen LogP contribution in [0.3, 0.4) is 0 Å². The van der Waals surface area contributed by atoms with E-state index in [-0.39, 0.29) is 6.42 Å². The van der Waals surface area contributed by atoms with E-state index in [1.807, 2.05) is 19.1 Å². The number of hydrogen-bond donors (Lipinski definition) is 1. The quantitative estimate of drug-likeness (QED) is 0.793. The molecule has 84 valence electrons. The third-order valence-electron chi connectivity index (χ3n) is 1.95. The molecule has 1 atom stereocenters. The van der Waals surface area contributed by atoms with E-state index in [0.29, 0.717) is 0 Å². The van der Waals surface area contributed by atoms with Crippen LogP contribution < -0.4 is 0 Å². The lowest BCUT2D eigenvalue weighted by atomic mass is 10.1. The van der Waals surface area contributed by atoms with Crippen LogP contribution in [0.1, 0.15) is 11.1 Å². The lowest BCUT2D eigenvalue weighted by Gasteiger charge is -2.08. The van der Waals surface area contributed by atoms with Gasteiger partial charge in [0, 0.05) is 0 Å². The largest absolute Gasteiger partial charge is 0.392 e. The molecule has 1 rings (SSSR count). The van der Waals surface area contributed by atoms with E-state index < -0.39 is 22.1 Å². The van der Waals surface area contributed by atoms with Crippen molar-refractivity contribution in [1.29, 1.82) is 0 Å². The van der Waals surface area contributed by atoms with Crippen LogP contribution in [-0.4, -0.2) is 25.4 Å². The summed E-state index contributed by atoms with van der Waals surface area (Å²) < 4.78 is 32.8. The van der Waals surface area contributed by atoms with Gasteiger partial charge in [0.05, 0.1) is 6.10 Å². The van der Waals surface area contributed by atoms with Gasteiger partial charge in [-0.1, -0.05) is 29.8 Å². The van der Waals surface area contributed by atoms with Crippen LogP contribution in [0.4, 0.5) is 3.89 Å². The van der Waals surface area contributed by atoms with Crippen molar-refractivity contribution >= 4 is 10.2 Å². The molecule has 0 saturated heterocycles. The Kier molecular flexibility index (Phi) is 3.82. The smallest absolute Gasteiger partial charge is 0.304 e. The zero-order valence-corrected chi connectivity index (χ0v) is 9.17. The normalized spacial score (nSPS) is 13.8. The highest BCUT2D eigenvalue weighted by Crippen LogP contribution is 2.08. The van der Waals surface area contributed by atoms with Gasteiger partial charge in [0.1, 0.15) is 5.75 Å². The predicted octanol–water partition coefficient (Wildman–Crippen LogP) is 1.20. The molecule has 0 saturated carbocycles. The van der Waals surface area contributed by atoms with Crippen LogP contribution in [0, 0.1) is 6.92 Å². The molecule has 0 aliphatic rings. The molecule has 1 N–H and O–H groups in total. The molecule has 0 heterocycles. The van der Waals surface area contributed by atoms with E-state index in [2.05, 4.69) is 0 Å². The van der Waals surface area contributed by atoms with Gasteiger partial charge in [0.2, 0.25) is 0 Å². The maximum atomic E-state index is 12.2. The summed E-state index contributed by atoms with van der Waals surface area (Å²) in [5.41, 5.74) is 1.81. The first-order chi connectivity index (χ1) is 6.87. The van der Waals surface area contributed by atoms with Crippen LogP contribution in [0.25, 0.3) is 0 Å². The second-order valence-electron chi connectivity index (χ2n) is 3.55. The van der Waals surface area contributed by atoms with Crippen LogP contribution in [0.15, 0.2) is 24.3 Å². The van der Waals surface area contributed by atoms with Crippen molar-refractivity contribution < 1.29 is 17.4 Å². The Morgan fingerprint density at radius 2 is 2.13 bits per heavy atom. The molecule has 0 aliphatic carbocycles. The van der Waals surface area contributed by atoms with Crippen molar-refractivity contribution in [2.45, 2.75) is 19.4 Å². The Labute approximate surface area is 88.8 Å². The molecular weight excluding hydrogens is 219 g/mol. The summed E-state index contributed by atoms with van der Waals surface area (Å²) in [5, 5.41) is 9.31. The highest BCUT2D eigenvalue weighted by Gasteiger charge is 2.15. The van der Waals surface area contributed by atoms with Gasteiger partial charge in [-0.25, -0.2) is 0 Å². The number of aliphatic hydroxyl groups is 1. The first-order valence-corrected chi connectivity index (χ1v) is 6.08. The average Bonchev–Trinajstić information content (AvgIpc) is 1.99. The summed E-state index contributed by atoms with van der Waals surface area (Å²) in [6.07, 6.45) is -1.05. The third kappa shape index (κ3) is 4.90. The standard InChI is InChI=1S/C10H13FO3S/c1-8-3-2-4-9(5-8)6-10(12)7-15(11,13)14/h2-5,10,12H,6-7H2,1H3. The number of aliphatic hydroxyl groups excluding tert-OH is 1. The minimum Gasteiger partial charge on any atom is -0.392 e. The average molecular weight is 232 g/mol. The number of halogens is 1. The van der Waals surface area contributed by atoms with E-state index in [0.717, 1.165) is 11.1 Å². The van der Waals surface area contributed by atoms with E-state index in [4.69, 9.17) is 0 Å². The molecule has 0 radical (unpaired) electrons. The fraction of sp³-hybridized carbons (Fsp3) is 0.400. The fourth-order valence-electron chi connectivity index (χ4n) is 1.40. The highest BCUT2D eigenvalue weighted by molar-refractivity contribution is 7.86. The molecule has 0 fully saturated rings. The van der Waals surface area contributed by atoms with Crippen molar-refractivity contribution in [3.8, 4) is 0 Å². The molecule has 0 bridgehead atoms. The number of aryl methyl sites for hydroxylation is 1. The Morgan fingerprint density at radius 3 is 2.67 bits per heavy atom. The summed E-state index contributed by atoms with van der Waals surface area (Å²) in [4.78, 5) is 0. The first kappa shape index (κ1) is 12.1. The number of rotatable bonds is 4. The van der Waals surface area contributed by atoms with Crippen molar-refractivity contribution in [2.75, 3.05) is 5.75 Å². The lowest BCUT2D eigenvalue weighted by molar-refractivity contribution is 0.196. The monoisotopic (exact) mass is 232 g/mol. The summed E-state index contributed by atoms with van der Waals surface area (Å²) in [7, 11) is -4.60. The van der Waals surface area contributed by atoms with Crippen LogP contribution in [-0.2, 0) is 16.6 Å². The SMILES string of the molecule is Cc1cccc(CC(O)CS(=O)(=O)F)c1. The molecule has 0 amide bonds. The fourth-order valence-corrected chi connectivity index (χ4v) is 1.98. The Balaban J connectivity index is 2.63. The minimum atomic E-state index is -4.60. The maximum absolute atomic E-state index is 12.2. The third-order valence-corrected chi connectivity index (χ3v) is 2.73. The number of hydrogen-bond acceptors (Lipinski definition) is 3. The van der Waals surface area contributed by atoms with Gasteiger partial charge >= 0.3 is 10.2 Å². The van der Waals surface area contributed by atoms with E-state index in [1.54, 1.807) is 12.1 Å². The molecule has 3 nitrogen and oxygen atoms in total. The van der Waals surface area contributed by atoms with Crippen LogP contribution >= 0.6 is 0 Å². The van der Waals surface area contributed by atoms with Crippen molar-refractivity contribution in [3.63, 3.8) is 0 Å². The molecule has 5 heteroatoms. The highest BCUT2D eigenvalue weighted by atomic mass is 32.3. The number of benzene rings is 1. The molecule has 1 unspecified atom stereocenters. The van der Waals surface area contributed by atoms with Gasteiger partial charge in [-0.05, 0) is 18.9 Å². The van der Waals surface area contributed by atoms with Gasteiger partial charge in [-0.2, -0.15) is 8.42 Å². The molecule has 0 aliphatic heterocycles. The topological polar surface area (TPSA) is 54.4 Å². The van der Waals surface area contributed by atoms with Crippen molar-refractivity contribution in [3.05, 3.63) is 35.4 Å². The minimum absolute atomic E-state index is 0.144.